The van der Waals surface area contributed by atoms with Gasteiger partial charge in [-0.1, -0.05) is 19.4 Å². The summed E-state index contributed by atoms with van der Waals surface area (Å²) < 4.78 is 0. The second-order valence-corrected chi connectivity index (χ2v) is 3.42. The molecule has 0 saturated carbocycles. The van der Waals surface area contributed by atoms with Crippen LogP contribution in [0.2, 0.25) is 0 Å². The van der Waals surface area contributed by atoms with Crippen LogP contribution in [0.25, 0.3) is 11.0 Å². The molecule has 1 aromatic heterocycles. The minimum atomic E-state index is 0.989. The zero-order valence-corrected chi connectivity index (χ0v) is 8.09. The van der Waals surface area contributed by atoms with Crippen LogP contribution in [0.4, 0.5) is 0 Å². The van der Waals surface area contributed by atoms with Gasteiger partial charge < -0.3 is 4.98 Å². The van der Waals surface area contributed by atoms with Crippen LogP contribution in [0.1, 0.15) is 24.7 Å². The first-order valence-corrected chi connectivity index (χ1v) is 4.75. The van der Waals surface area contributed by atoms with Crippen LogP contribution < -0.4 is 0 Å². The Morgan fingerprint density at radius 3 is 3.00 bits per heavy atom. The van der Waals surface area contributed by atoms with E-state index in [1.807, 2.05) is 6.92 Å². The van der Waals surface area contributed by atoms with E-state index in [9.17, 15) is 0 Å². The average Bonchev–Trinajstić information content (AvgIpc) is 2.44. The number of nitrogens with one attached hydrogen (secondary N) is 1. The Labute approximate surface area is 78.0 Å². The molecule has 2 nitrogen and oxygen atoms in total. The molecule has 0 atom stereocenters. The first-order valence-electron chi connectivity index (χ1n) is 4.75. The second kappa shape index (κ2) is 3.21. The predicted octanol–water partition coefficient (Wildman–Crippen LogP) is 2.82. The average molecular weight is 174 g/mol. The van der Waals surface area contributed by atoms with Gasteiger partial charge in [-0.2, -0.15) is 0 Å². The SMILES string of the molecule is CCCc1ccc2nc(C)[nH]c2c1. The molecule has 0 aliphatic heterocycles. The van der Waals surface area contributed by atoms with Gasteiger partial charge in [-0.3, -0.25) is 0 Å². The summed E-state index contributed by atoms with van der Waals surface area (Å²) in [5.74, 6) is 0.989. The first-order chi connectivity index (χ1) is 6.29. The third kappa shape index (κ3) is 1.57. The first kappa shape index (κ1) is 8.30. The summed E-state index contributed by atoms with van der Waals surface area (Å²) >= 11 is 0. The molecule has 1 N–H and O–H groups in total. The van der Waals surface area contributed by atoms with Crippen molar-refractivity contribution in [1.82, 2.24) is 9.97 Å². The van der Waals surface area contributed by atoms with Gasteiger partial charge in [0, 0.05) is 0 Å². The zero-order valence-electron chi connectivity index (χ0n) is 8.09. The lowest BCUT2D eigenvalue weighted by Gasteiger charge is -1.96. The van der Waals surface area contributed by atoms with Gasteiger partial charge in [0.15, 0.2) is 0 Å². The molecular formula is C11H14N2. The van der Waals surface area contributed by atoms with Crippen molar-refractivity contribution in [1.29, 1.82) is 0 Å². The van der Waals surface area contributed by atoms with E-state index < -0.39 is 0 Å². The Morgan fingerprint density at radius 2 is 2.23 bits per heavy atom. The molecule has 0 spiro atoms. The predicted molar refractivity (Wildman–Crippen MR) is 54.8 cm³/mol. The summed E-state index contributed by atoms with van der Waals surface area (Å²) in [4.78, 5) is 7.60. The maximum absolute atomic E-state index is 4.36. The van der Waals surface area contributed by atoms with E-state index >= 15 is 0 Å². The van der Waals surface area contributed by atoms with Crippen LogP contribution in [0, 0.1) is 6.92 Å². The number of nitrogens with zero attached hydrogens (tertiary/aromatic N) is 1. The van der Waals surface area contributed by atoms with Crippen molar-refractivity contribution < 1.29 is 0 Å². The third-order valence-corrected chi connectivity index (χ3v) is 2.20. The summed E-state index contributed by atoms with van der Waals surface area (Å²) in [7, 11) is 0. The number of hydrogen-bond donors (Lipinski definition) is 1. The second-order valence-electron chi connectivity index (χ2n) is 3.42. The number of aryl methyl sites for hydroxylation is 2. The molecule has 0 saturated heterocycles. The summed E-state index contributed by atoms with van der Waals surface area (Å²) in [6.07, 6.45) is 2.34. The zero-order chi connectivity index (χ0) is 9.26. The van der Waals surface area contributed by atoms with E-state index in [0.717, 1.165) is 23.3 Å². The Bertz CT molecular complexity index is 415. The quantitative estimate of drug-likeness (QED) is 0.745. The molecule has 0 radical (unpaired) electrons. The van der Waals surface area contributed by atoms with Gasteiger partial charge in [0.1, 0.15) is 5.82 Å². The van der Waals surface area contributed by atoms with Crippen LogP contribution in [0.3, 0.4) is 0 Å². The summed E-state index contributed by atoms with van der Waals surface area (Å²) in [5.41, 5.74) is 3.61. The minimum Gasteiger partial charge on any atom is -0.342 e. The van der Waals surface area contributed by atoms with E-state index in [4.69, 9.17) is 0 Å². The molecule has 0 amide bonds. The molecule has 2 heteroatoms. The lowest BCUT2D eigenvalue weighted by atomic mass is 10.1. The molecule has 68 valence electrons. The normalized spacial score (nSPS) is 10.9. The fourth-order valence-corrected chi connectivity index (χ4v) is 1.63. The lowest BCUT2D eigenvalue weighted by molar-refractivity contribution is 0.923. The number of rotatable bonds is 2. The molecular weight excluding hydrogens is 160 g/mol. The minimum absolute atomic E-state index is 0.989. The lowest BCUT2D eigenvalue weighted by Crippen LogP contribution is -1.81. The summed E-state index contributed by atoms with van der Waals surface area (Å²) in [6, 6.07) is 6.44. The largest absolute Gasteiger partial charge is 0.342 e. The standard InChI is InChI=1S/C11H14N2/c1-3-4-9-5-6-10-11(7-9)13-8(2)12-10/h5-7H,3-4H2,1-2H3,(H,12,13). The van der Waals surface area contributed by atoms with E-state index in [1.54, 1.807) is 0 Å². The Hall–Kier alpha value is -1.31. The topological polar surface area (TPSA) is 28.7 Å². The van der Waals surface area contributed by atoms with Gasteiger partial charge in [0.05, 0.1) is 11.0 Å². The molecule has 1 aromatic carbocycles. The van der Waals surface area contributed by atoms with Gasteiger partial charge in [0.25, 0.3) is 0 Å². The van der Waals surface area contributed by atoms with Crippen molar-refractivity contribution in [3.05, 3.63) is 29.6 Å². The fraction of sp³-hybridized carbons (Fsp3) is 0.364. The van der Waals surface area contributed by atoms with Gasteiger partial charge in [0.2, 0.25) is 0 Å². The van der Waals surface area contributed by atoms with Crippen molar-refractivity contribution >= 4 is 11.0 Å². The van der Waals surface area contributed by atoms with Crippen molar-refractivity contribution in [2.24, 2.45) is 0 Å². The van der Waals surface area contributed by atoms with Crippen LogP contribution >= 0.6 is 0 Å². The number of hydrogen-bond acceptors (Lipinski definition) is 1. The monoisotopic (exact) mass is 174 g/mol. The van der Waals surface area contributed by atoms with Crippen LogP contribution in [-0.2, 0) is 6.42 Å². The van der Waals surface area contributed by atoms with Crippen molar-refractivity contribution in [3.63, 3.8) is 0 Å². The van der Waals surface area contributed by atoms with E-state index in [-0.39, 0.29) is 0 Å². The van der Waals surface area contributed by atoms with E-state index in [1.165, 1.54) is 12.0 Å². The molecule has 13 heavy (non-hydrogen) atoms. The third-order valence-electron chi connectivity index (χ3n) is 2.20. The van der Waals surface area contributed by atoms with Crippen molar-refractivity contribution in [2.75, 3.05) is 0 Å². The molecule has 0 aliphatic rings. The number of aromatic nitrogens is 2. The number of benzene rings is 1. The number of aromatic amines is 1. The highest BCUT2D eigenvalue weighted by molar-refractivity contribution is 5.75. The fourth-order valence-electron chi connectivity index (χ4n) is 1.63. The molecule has 0 bridgehead atoms. The molecule has 1 heterocycles. The summed E-state index contributed by atoms with van der Waals surface area (Å²) in [5, 5.41) is 0. The van der Waals surface area contributed by atoms with Crippen LogP contribution in [-0.4, -0.2) is 9.97 Å². The van der Waals surface area contributed by atoms with Gasteiger partial charge in [-0.05, 0) is 31.0 Å². The Balaban J connectivity index is 2.48. The van der Waals surface area contributed by atoms with Gasteiger partial charge in [-0.15, -0.1) is 0 Å². The van der Waals surface area contributed by atoms with Crippen molar-refractivity contribution in [3.8, 4) is 0 Å². The maximum Gasteiger partial charge on any atom is 0.104 e. The molecule has 2 aromatic rings. The molecule has 0 aliphatic carbocycles. The smallest absolute Gasteiger partial charge is 0.104 e. The highest BCUT2D eigenvalue weighted by Crippen LogP contribution is 2.14. The molecule has 0 unspecified atom stereocenters. The maximum atomic E-state index is 4.36. The van der Waals surface area contributed by atoms with Crippen molar-refractivity contribution in [2.45, 2.75) is 26.7 Å². The summed E-state index contributed by atoms with van der Waals surface area (Å²) in [6.45, 7) is 4.18. The molecule has 2 rings (SSSR count). The Kier molecular flexibility index (Phi) is 2.05. The van der Waals surface area contributed by atoms with E-state index in [2.05, 4.69) is 35.1 Å². The van der Waals surface area contributed by atoms with Gasteiger partial charge >= 0.3 is 0 Å². The van der Waals surface area contributed by atoms with E-state index in [0.29, 0.717) is 0 Å². The van der Waals surface area contributed by atoms with Crippen LogP contribution in [0.5, 0.6) is 0 Å². The number of H-pyrrole nitrogens is 1. The Morgan fingerprint density at radius 1 is 1.38 bits per heavy atom. The number of imidazole rings is 1. The van der Waals surface area contributed by atoms with Gasteiger partial charge in [-0.25, -0.2) is 4.98 Å². The molecule has 0 fully saturated rings. The number of fused-ring (bicyclic) bond motifs is 1. The highest BCUT2D eigenvalue weighted by Gasteiger charge is 1.99. The van der Waals surface area contributed by atoms with Crippen LogP contribution in [0.15, 0.2) is 18.2 Å². The highest BCUT2D eigenvalue weighted by atomic mass is 14.9.